The Bertz CT molecular complexity index is 911. The summed E-state index contributed by atoms with van der Waals surface area (Å²) in [5.41, 5.74) is 2.68. The molecule has 1 N–H and O–H groups in total. The van der Waals surface area contributed by atoms with Gasteiger partial charge in [0.1, 0.15) is 12.5 Å². The summed E-state index contributed by atoms with van der Waals surface area (Å²) in [5.74, 6) is 0.336. The maximum atomic E-state index is 13.1. The molecule has 0 saturated carbocycles. The molecule has 6 nitrogen and oxygen atoms in total. The number of phenolic OH excluding ortho intramolecular Hbond substituents is 1. The molecule has 30 heavy (non-hydrogen) atoms. The van der Waals surface area contributed by atoms with Gasteiger partial charge in [-0.2, -0.15) is 11.8 Å². The van der Waals surface area contributed by atoms with E-state index in [1.807, 2.05) is 6.92 Å². The Morgan fingerprint density at radius 1 is 1.37 bits per heavy atom. The van der Waals surface area contributed by atoms with Crippen LogP contribution in [0.2, 0.25) is 0 Å². The van der Waals surface area contributed by atoms with E-state index in [1.54, 1.807) is 23.9 Å². The van der Waals surface area contributed by atoms with Gasteiger partial charge in [0.05, 0.1) is 11.6 Å². The molecule has 1 aromatic carbocycles. The minimum absolute atomic E-state index is 0.0139. The number of nitrogens with zero attached hydrogens (tertiary/aromatic N) is 1. The first-order valence-electron chi connectivity index (χ1n) is 10.0. The van der Waals surface area contributed by atoms with E-state index in [-0.39, 0.29) is 23.3 Å². The van der Waals surface area contributed by atoms with Gasteiger partial charge < -0.3 is 14.6 Å². The minimum Gasteiger partial charge on any atom is -0.503 e. The average molecular weight is 496 g/mol. The van der Waals surface area contributed by atoms with Crippen molar-refractivity contribution in [1.29, 1.82) is 0 Å². The number of aromatic hydroxyl groups is 1. The number of phenols is 1. The molecule has 8 heteroatoms. The van der Waals surface area contributed by atoms with E-state index in [4.69, 9.17) is 9.47 Å². The number of benzene rings is 1. The standard InChI is InChI=1S/C22H26BrNO5S/c1-4-30-9-8-29-22(27)18-12(2)24-15-6-5-7-16(25)20(15)19(18)13-10-14(23)21(26)17(11-13)28-3/h10-11,18-19,26H,4-9H2,1-3H3/t18?,19-/m1/s1. The predicted molar refractivity (Wildman–Crippen MR) is 122 cm³/mol. The zero-order chi connectivity index (χ0) is 21.8. The summed E-state index contributed by atoms with van der Waals surface area (Å²) in [4.78, 5) is 30.7. The Balaban J connectivity index is 2.06. The third-order valence-corrected chi connectivity index (χ3v) is 6.86. The van der Waals surface area contributed by atoms with Gasteiger partial charge in [-0.3, -0.25) is 14.6 Å². The molecule has 0 spiro atoms. The molecule has 0 radical (unpaired) electrons. The lowest BCUT2D eigenvalue weighted by molar-refractivity contribution is -0.145. The van der Waals surface area contributed by atoms with Gasteiger partial charge >= 0.3 is 5.97 Å². The number of carbonyl (C=O) groups is 2. The lowest BCUT2D eigenvalue weighted by Gasteiger charge is -2.34. The molecule has 3 rings (SSSR count). The van der Waals surface area contributed by atoms with Crippen LogP contribution in [0.15, 0.2) is 32.9 Å². The molecular formula is C22H26BrNO5S. The highest BCUT2D eigenvalue weighted by Gasteiger charge is 2.43. The third-order valence-electron chi connectivity index (χ3n) is 5.39. The summed E-state index contributed by atoms with van der Waals surface area (Å²) in [6, 6.07) is 3.42. The highest BCUT2D eigenvalue weighted by atomic mass is 79.9. The second-order valence-electron chi connectivity index (χ2n) is 7.26. The number of esters is 1. The number of carbonyl (C=O) groups excluding carboxylic acids is 2. The van der Waals surface area contributed by atoms with Crippen molar-refractivity contribution in [2.45, 2.75) is 39.0 Å². The van der Waals surface area contributed by atoms with Crippen molar-refractivity contribution in [3.05, 3.63) is 33.4 Å². The highest BCUT2D eigenvalue weighted by molar-refractivity contribution is 9.10. The summed E-state index contributed by atoms with van der Waals surface area (Å²) in [5, 5.41) is 10.2. The molecule has 0 amide bonds. The molecule has 1 aliphatic heterocycles. The number of ketones is 1. The largest absolute Gasteiger partial charge is 0.503 e. The van der Waals surface area contributed by atoms with Gasteiger partial charge in [0.15, 0.2) is 17.3 Å². The fraction of sp³-hybridized carbons (Fsp3) is 0.500. The number of allylic oxidation sites excluding steroid dienone is 2. The van der Waals surface area contributed by atoms with Crippen LogP contribution < -0.4 is 4.74 Å². The molecule has 162 valence electrons. The lowest BCUT2D eigenvalue weighted by Crippen LogP contribution is -2.37. The van der Waals surface area contributed by atoms with Gasteiger partial charge in [-0.1, -0.05) is 6.92 Å². The topological polar surface area (TPSA) is 85.2 Å². The predicted octanol–water partition coefficient (Wildman–Crippen LogP) is 4.64. The quantitative estimate of drug-likeness (QED) is 0.437. The number of methoxy groups -OCH3 is 1. The number of hydrogen-bond acceptors (Lipinski definition) is 7. The Morgan fingerprint density at radius 3 is 2.83 bits per heavy atom. The Hall–Kier alpha value is -1.80. The summed E-state index contributed by atoms with van der Waals surface area (Å²) < 4.78 is 11.3. The highest BCUT2D eigenvalue weighted by Crippen LogP contribution is 2.46. The average Bonchev–Trinajstić information content (AvgIpc) is 2.72. The summed E-state index contributed by atoms with van der Waals surface area (Å²) in [6.07, 6.45) is 1.91. The zero-order valence-corrected chi connectivity index (χ0v) is 19.8. The molecule has 0 aromatic heterocycles. The van der Waals surface area contributed by atoms with Gasteiger partial charge in [-0.05, 0) is 59.1 Å². The van der Waals surface area contributed by atoms with Crippen LogP contribution >= 0.6 is 27.7 Å². The maximum absolute atomic E-state index is 13.1. The van der Waals surface area contributed by atoms with Crippen molar-refractivity contribution in [3.63, 3.8) is 0 Å². The van der Waals surface area contributed by atoms with E-state index in [0.717, 1.165) is 23.6 Å². The van der Waals surface area contributed by atoms with Crippen molar-refractivity contribution in [2.24, 2.45) is 10.9 Å². The van der Waals surface area contributed by atoms with E-state index >= 15 is 0 Å². The molecule has 1 aliphatic carbocycles. The fourth-order valence-corrected chi connectivity index (χ4v) is 4.99. The number of aliphatic imine (C=N–C) groups is 1. The second kappa shape index (κ2) is 10.0. The smallest absolute Gasteiger partial charge is 0.315 e. The van der Waals surface area contributed by atoms with E-state index < -0.39 is 11.8 Å². The van der Waals surface area contributed by atoms with E-state index in [1.165, 1.54) is 7.11 Å². The number of halogens is 1. The summed E-state index contributed by atoms with van der Waals surface area (Å²) in [6.45, 7) is 4.19. The Labute approximate surface area is 189 Å². The van der Waals surface area contributed by atoms with Gasteiger partial charge in [0.2, 0.25) is 0 Å². The SMILES string of the molecule is CCSCCOC(=O)C1C(C)=NC2=C(C(=O)CCC2)[C@@H]1c1cc(Br)c(O)c(OC)c1. The van der Waals surface area contributed by atoms with Crippen molar-refractivity contribution < 1.29 is 24.2 Å². The van der Waals surface area contributed by atoms with Crippen molar-refractivity contribution >= 4 is 45.2 Å². The molecule has 0 fully saturated rings. The molecule has 1 heterocycles. The molecule has 1 unspecified atom stereocenters. The summed E-state index contributed by atoms with van der Waals surface area (Å²) in [7, 11) is 1.46. The number of ether oxygens (including phenoxy) is 2. The fourth-order valence-electron chi connectivity index (χ4n) is 4.04. The van der Waals surface area contributed by atoms with E-state index in [9.17, 15) is 14.7 Å². The minimum atomic E-state index is -0.696. The Kier molecular flexibility index (Phi) is 7.63. The van der Waals surface area contributed by atoms with Gasteiger partial charge in [0.25, 0.3) is 0 Å². The molecule has 0 bridgehead atoms. The lowest BCUT2D eigenvalue weighted by atomic mass is 9.71. The first kappa shape index (κ1) is 22.9. The number of Topliss-reactive ketones (excluding diaryl/α,β-unsaturated/α-hetero) is 1. The van der Waals surface area contributed by atoms with Crippen LogP contribution in [0.1, 0.15) is 44.6 Å². The maximum Gasteiger partial charge on any atom is 0.315 e. The first-order valence-corrected chi connectivity index (χ1v) is 12.0. The first-order chi connectivity index (χ1) is 14.4. The van der Waals surface area contributed by atoms with Crippen molar-refractivity contribution in [3.8, 4) is 11.5 Å². The van der Waals surface area contributed by atoms with Crippen molar-refractivity contribution in [1.82, 2.24) is 0 Å². The number of hydrogen-bond donors (Lipinski definition) is 1. The van der Waals surface area contributed by atoms with Crippen LogP contribution in [0.5, 0.6) is 11.5 Å². The molecule has 0 saturated heterocycles. The summed E-state index contributed by atoms with van der Waals surface area (Å²) >= 11 is 5.06. The van der Waals surface area contributed by atoms with Gasteiger partial charge in [-0.25, -0.2) is 0 Å². The number of thioether (sulfide) groups is 1. The monoisotopic (exact) mass is 495 g/mol. The molecule has 2 atom stereocenters. The van der Waals surface area contributed by atoms with Crippen LogP contribution in [0, 0.1) is 5.92 Å². The van der Waals surface area contributed by atoms with Crippen LogP contribution in [0.25, 0.3) is 0 Å². The van der Waals surface area contributed by atoms with Gasteiger partial charge in [-0.15, -0.1) is 0 Å². The normalized spacial score (nSPS) is 21.2. The van der Waals surface area contributed by atoms with Crippen molar-refractivity contribution in [2.75, 3.05) is 25.2 Å². The zero-order valence-electron chi connectivity index (χ0n) is 17.4. The Morgan fingerprint density at radius 2 is 2.13 bits per heavy atom. The van der Waals surface area contributed by atoms with Crippen LogP contribution in [0.3, 0.4) is 0 Å². The van der Waals surface area contributed by atoms with Crippen LogP contribution in [-0.2, 0) is 14.3 Å². The molecule has 2 aliphatic rings. The number of rotatable bonds is 7. The van der Waals surface area contributed by atoms with E-state index in [2.05, 4.69) is 27.8 Å². The molecule has 1 aromatic rings. The van der Waals surface area contributed by atoms with Gasteiger partial charge in [0, 0.05) is 35.1 Å². The second-order valence-corrected chi connectivity index (χ2v) is 9.51. The molecular weight excluding hydrogens is 470 g/mol. The van der Waals surface area contributed by atoms with Crippen LogP contribution in [0.4, 0.5) is 0 Å². The third kappa shape index (κ3) is 4.59. The van der Waals surface area contributed by atoms with E-state index in [0.29, 0.717) is 40.8 Å². The van der Waals surface area contributed by atoms with Crippen LogP contribution in [-0.4, -0.2) is 47.8 Å².